The molecule has 0 aliphatic rings. The lowest BCUT2D eigenvalue weighted by Crippen LogP contribution is -1.71. The van der Waals surface area contributed by atoms with Gasteiger partial charge in [-0.1, -0.05) is 36.4 Å². The number of hydrogen-bond donors (Lipinski definition) is 2. The minimum Gasteiger partial charge on any atom is -0.368 e. The molecule has 2 heterocycles. The molecule has 0 amide bonds. The van der Waals surface area contributed by atoms with Gasteiger partial charge >= 0.3 is 0 Å². The van der Waals surface area contributed by atoms with Crippen molar-refractivity contribution in [2.75, 3.05) is 0 Å². The predicted molar refractivity (Wildman–Crippen MR) is 76.6 cm³/mol. The standard InChI is InChI=1S/C12H9N.C4H5N/c1-2-4-11-9(3-1)5-6-10-7-13-8-12(10)11;1-2-4-5-3-1/h1-8,13H;1-5H. The number of rotatable bonds is 0. The molecule has 88 valence electrons. The van der Waals surface area contributed by atoms with E-state index in [0.717, 1.165) is 0 Å². The van der Waals surface area contributed by atoms with E-state index in [2.05, 4.69) is 52.6 Å². The van der Waals surface area contributed by atoms with Gasteiger partial charge < -0.3 is 9.97 Å². The van der Waals surface area contributed by atoms with E-state index in [1.165, 1.54) is 21.5 Å². The topological polar surface area (TPSA) is 31.6 Å². The number of aromatic nitrogens is 2. The molecule has 4 aromatic rings. The van der Waals surface area contributed by atoms with Gasteiger partial charge in [0.25, 0.3) is 0 Å². The minimum absolute atomic E-state index is 1.28. The van der Waals surface area contributed by atoms with E-state index in [1.54, 1.807) is 0 Å². The summed E-state index contributed by atoms with van der Waals surface area (Å²) in [6, 6.07) is 16.6. The highest BCUT2D eigenvalue weighted by atomic mass is 14.6. The third-order valence-corrected chi connectivity index (χ3v) is 2.97. The summed E-state index contributed by atoms with van der Waals surface area (Å²) < 4.78 is 0. The summed E-state index contributed by atoms with van der Waals surface area (Å²) in [4.78, 5) is 5.99. The van der Waals surface area contributed by atoms with Crippen LogP contribution < -0.4 is 0 Å². The van der Waals surface area contributed by atoms with Gasteiger partial charge in [-0.3, -0.25) is 0 Å². The lowest BCUT2D eigenvalue weighted by atomic mass is 10.1. The lowest BCUT2D eigenvalue weighted by Gasteiger charge is -1.97. The molecule has 0 aliphatic heterocycles. The van der Waals surface area contributed by atoms with Crippen LogP contribution in [0.25, 0.3) is 21.5 Å². The molecule has 4 rings (SSSR count). The van der Waals surface area contributed by atoms with Crippen LogP contribution in [0, 0.1) is 0 Å². The number of benzene rings is 2. The summed E-state index contributed by atoms with van der Waals surface area (Å²) >= 11 is 0. The Bertz CT molecular complexity index is 719. The van der Waals surface area contributed by atoms with Crippen LogP contribution in [0.2, 0.25) is 0 Å². The van der Waals surface area contributed by atoms with Crippen LogP contribution in [0.15, 0.2) is 73.3 Å². The fraction of sp³-hybridized carbons (Fsp3) is 0. The van der Waals surface area contributed by atoms with Gasteiger partial charge in [-0.15, -0.1) is 0 Å². The van der Waals surface area contributed by atoms with E-state index >= 15 is 0 Å². The van der Waals surface area contributed by atoms with Crippen molar-refractivity contribution in [3.8, 4) is 0 Å². The maximum Gasteiger partial charge on any atom is 0.00906 e. The Morgan fingerprint density at radius 1 is 0.556 bits per heavy atom. The molecular formula is C16H14N2. The molecule has 0 radical (unpaired) electrons. The first-order chi connectivity index (χ1) is 8.95. The molecule has 2 aromatic heterocycles. The van der Waals surface area contributed by atoms with Crippen LogP contribution >= 0.6 is 0 Å². The van der Waals surface area contributed by atoms with E-state index < -0.39 is 0 Å². The summed E-state index contributed by atoms with van der Waals surface area (Å²) in [6.45, 7) is 0. The van der Waals surface area contributed by atoms with E-state index in [4.69, 9.17) is 0 Å². The van der Waals surface area contributed by atoms with Crippen LogP contribution in [0.3, 0.4) is 0 Å². The van der Waals surface area contributed by atoms with Gasteiger partial charge in [0.05, 0.1) is 0 Å². The highest BCUT2D eigenvalue weighted by molar-refractivity contribution is 6.07. The largest absolute Gasteiger partial charge is 0.368 e. The van der Waals surface area contributed by atoms with E-state index in [9.17, 15) is 0 Å². The molecule has 0 saturated carbocycles. The normalized spacial score (nSPS) is 10.2. The SMILES string of the molecule is c1cc[nH]c1.c1ccc2c(c1)ccc1c[nH]cc12. The Morgan fingerprint density at radius 3 is 2.11 bits per heavy atom. The Hall–Kier alpha value is -2.48. The van der Waals surface area contributed by atoms with Crippen LogP contribution in [-0.2, 0) is 0 Å². The molecule has 0 unspecified atom stereocenters. The molecule has 2 nitrogen and oxygen atoms in total. The molecule has 0 fully saturated rings. The van der Waals surface area contributed by atoms with Gasteiger partial charge in [-0.25, -0.2) is 0 Å². The van der Waals surface area contributed by atoms with Crippen LogP contribution in [0.1, 0.15) is 0 Å². The average Bonchev–Trinajstić information content (AvgIpc) is 3.12. The average molecular weight is 234 g/mol. The van der Waals surface area contributed by atoms with Crippen molar-refractivity contribution in [3.05, 3.63) is 73.3 Å². The fourth-order valence-electron chi connectivity index (χ4n) is 2.09. The molecule has 2 aromatic carbocycles. The van der Waals surface area contributed by atoms with E-state index in [1.807, 2.05) is 30.7 Å². The minimum atomic E-state index is 1.28. The lowest BCUT2D eigenvalue weighted by molar-refractivity contribution is 1.42. The van der Waals surface area contributed by atoms with Crippen LogP contribution in [0.4, 0.5) is 0 Å². The number of hydrogen-bond acceptors (Lipinski definition) is 0. The van der Waals surface area contributed by atoms with E-state index in [-0.39, 0.29) is 0 Å². The van der Waals surface area contributed by atoms with Gasteiger partial charge in [-0.05, 0) is 28.3 Å². The molecule has 0 saturated heterocycles. The van der Waals surface area contributed by atoms with Crippen LogP contribution in [0.5, 0.6) is 0 Å². The first-order valence-electron chi connectivity index (χ1n) is 5.97. The molecule has 0 spiro atoms. The molecule has 18 heavy (non-hydrogen) atoms. The van der Waals surface area contributed by atoms with Crippen LogP contribution in [-0.4, -0.2) is 9.97 Å². The molecular weight excluding hydrogens is 220 g/mol. The Kier molecular flexibility index (Phi) is 2.84. The van der Waals surface area contributed by atoms with Crippen molar-refractivity contribution in [2.45, 2.75) is 0 Å². The van der Waals surface area contributed by atoms with Gasteiger partial charge in [0.1, 0.15) is 0 Å². The second-order valence-corrected chi connectivity index (χ2v) is 4.13. The predicted octanol–water partition coefficient (Wildman–Crippen LogP) is 4.34. The van der Waals surface area contributed by atoms with Crippen molar-refractivity contribution in [3.63, 3.8) is 0 Å². The molecule has 0 aliphatic carbocycles. The zero-order chi connectivity index (χ0) is 12.2. The maximum atomic E-state index is 3.13. The zero-order valence-corrected chi connectivity index (χ0v) is 9.93. The van der Waals surface area contributed by atoms with Gasteiger partial charge in [0.15, 0.2) is 0 Å². The quantitative estimate of drug-likeness (QED) is 0.453. The summed E-state index contributed by atoms with van der Waals surface area (Å²) in [5, 5.41) is 5.20. The highest BCUT2D eigenvalue weighted by Gasteiger charge is 1.98. The Balaban J connectivity index is 0.000000169. The van der Waals surface area contributed by atoms with Crippen molar-refractivity contribution < 1.29 is 0 Å². The first-order valence-corrected chi connectivity index (χ1v) is 5.97. The summed E-state index contributed by atoms with van der Waals surface area (Å²) in [7, 11) is 0. The Morgan fingerprint density at radius 2 is 1.33 bits per heavy atom. The van der Waals surface area contributed by atoms with Crippen molar-refractivity contribution >= 4 is 21.5 Å². The summed E-state index contributed by atoms with van der Waals surface area (Å²) in [5.41, 5.74) is 0. The molecule has 0 atom stereocenters. The van der Waals surface area contributed by atoms with Gasteiger partial charge in [0.2, 0.25) is 0 Å². The second kappa shape index (κ2) is 4.80. The van der Waals surface area contributed by atoms with Crippen molar-refractivity contribution in [1.29, 1.82) is 0 Å². The molecule has 2 heteroatoms. The number of nitrogens with one attached hydrogen (secondary N) is 2. The van der Waals surface area contributed by atoms with Crippen molar-refractivity contribution in [1.82, 2.24) is 9.97 Å². The third kappa shape index (κ3) is 2.00. The first kappa shape index (κ1) is 10.7. The van der Waals surface area contributed by atoms with Gasteiger partial charge in [0, 0.05) is 30.2 Å². The maximum absolute atomic E-state index is 3.13. The third-order valence-electron chi connectivity index (χ3n) is 2.97. The van der Waals surface area contributed by atoms with Crippen molar-refractivity contribution in [2.24, 2.45) is 0 Å². The van der Waals surface area contributed by atoms with Gasteiger partial charge in [-0.2, -0.15) is 0 Å². The Labute approximate surface area is 105 Å². The fourth-order valence-corrected chi connectivity index (χ4v) is 2.09. The zero-order valence-electron chi connectivity index (χ0n) is 9.93. The summed E-state index contributed by atoms with van der Waals surface area (Å²) in [6.07, 6.45) is 7.83. The monoisotopic (exact) mass is 234 g/mol. The molecule has 0 bridgehead atoms. The smallest absolute Gasteiger partial charge is 0.00906 e. The highest BCUT2D eigenvalue weighted by Crippen LogP contribution is 2.24. The number of aromatic amines is 2. The van der Waals surface area contributed by atoms with E-state index in [0.29, 0.717) is 0 Å². The number of H-pyrrole nitrogens is 2. The number of fused-ring (bicyclic) bond motifs is 3. The second-order valence-electron chi connectivity index (χ2n) is 4.13. The molecule has 2 N–H and O–H groups in total. The summed E-state index contributed by atoms with van der Waals surface area (Å²) in [5.74, 6) is 0.